The third kappa shape index (κ3) is 3.14. The molecule has 0 saturated heterocycles. The van der Waals surface area contributed by atoms with Crippen LogP contribution in [0.25, 0.3) is 0 Å². The summed E-state index contributed by atoms with van der Waals surface area (Å²) >= 11 is 0. The Balaban J connectivity index is 1.94. The van der Waals surface area contributed by atoms with Crippen molar-refractivity contribution in [2.45, 2.75) is 13.0 Å². The van der Waals surface area contributed by atoms with Crippen molar-refractivity contribution in [1.82, 2.24) is 9.13 Å². The summed E-state index contributed by atoms with van der Waals surface area (Å²) in [6.07, 6.45) is 3.49. The second kappa shape index (κ2) is 5.89. The summed E-state index contributed by atoms with van der Waals surface area (Å²) in [5.74, 6) is -0.198. The molecule has 1 heterocycles. The Morgan fingerprint density at radius 3 is 2.85 bits per heavy atom. The van der Waals surface area contributed by atoms with Crippen LogP contribution in [-0.2, 0) is 18.4 Å². The number of rotatable bonds is 4. The smallest absolute Gasteiger partial charge is 0.326 e. The van der Waals surface area contributed by atoms with E-state index in [0.717, 1.165) is 0 Å². The molecule has 6 heteroatoms. The molecule has 1 N–H and O–H groups in total. The minimum Gasteiger partial charge on any atom is -0.326 e. The molecular formula is C14H14N4O2. The highest BCUT2D eigenvalue weighted by atomic mass is 16.2. The molecule has 20 heavy (non-hydrogen) atoms. The quantitative estimate of drug-likeness (QED) is 0.903. The molecule has 0 aliphatic rings. The van der Waals surface area contributed by atoms with Gasteiger partial charge in [-0.15, -0.1) is 0 Å². The lowest BCUT2D eigenvalue weighted by Gasteiger charge is -2.05. The van der Waals surface area contributed by atoms with Gasteiger partial charge in [-0.3, -0.25) is 9.36 Å². The molecular weight excluding hydrogens is 256 g/mol. The molecule has 0 atom stereocenters. The first kappa shape index (κ1) is 13.6. The van der Waals surface area contributed by atoms with Crippen molar-refractivity contribution in [3.63, 3.8) is 0 Å². The van der Waals surface area contributed by atoms with E-state index in [1.807, 2.05) is 6.07 Å². The SMILES string of the molecule is Cn1ccn(CCC(=O)Nc2cccc(C#N)c2)c1=O. The number of nitrogens with zero attached hydrogens (tertiary/aromatic N) is 3. The molecule has 102 valence electrons. The number of amides is 1. The standard InChI is InChI=1S/C14H14N4O2/c1-17-7-8-18(14(17)20)6-5-13(19)16-12-4-2-3-11(9-12)10-15/h2-4,7-9H,5-6H2,1H3,(H,16,19). The number of hydrogen-bond acceptors (Lipinski definition) is 3. The van der Waals surface area contributed by atoms with Gasteiger partial charge in [0.2, 0.25) is 5.91 Å². The molecule has 0 radical (unpaired) electrons. The van der Waals surface area contributed by atoms with E-state index in [4.69, 9.17) is 5.26 Å². The second-order valence-corrected chi connectivity index (χ2v) is 4.38. The molecule has 1 aromatic heterocycles. The lowest BCUT2D eigenvalue weighted by Crippen LogP contribution is -2.24. The molecule has 2 rings (SSSR count). The molecule has 1 aromatic carbocycles. The zero-order chi connectivity index (χ0) is 14.5. The van der Waals surface area contributed by atoms with Crippen molar-refractivity contribution in [2.24, 2.45) is 7.05 Å². The summed E-state index contributed by atoms with van der Waals surface area (Å²) < 4.78 is 2.93. The number of imidazole rings is 1. The van der Waals surface area contributed by atoms with Gasteiger partial charge in [0.25, 0.3) is 0 Å². The molecule has 1 amide bonds. The number of carbonyl (C=O) groups is 1. The molecule has 6 nitrogen and oxygen atoms in total. The summed E-state index contributed by atoms with van der Waals surface area (Å²) in [6, 6.07) is 8.70. The summed E-state index contributed by atoms with van der Waals surface area (Å²) in [5, 5.41) is 11.5. The summed E-state index contributed by atoms with van der Waals surface area (Å²) in [4.78, 5) is 23.4. The normalized spacial score (nSPS) is 10.0. The lowest BCUT2D eigenvalue weighted by molar-refractivity contribution is -0.116. The number of nitriles is 1. The van der Waals surface area contributed by atoms with E-state index in [1.165, 1.54) is 9.13 Å². The Bertz CT molecular complexity index is 721. The van der Waals surface area contributed by atoms with Gasteiger partial charge in [0.05, 0.1) is 11.6 Å². The van der Waals surface area contributed by atoms with Crippen molar-refractivity contribution in [1.29, 1.82) is 5.26 Å². The first-order chi connectivity index (χ1) is 9.60. The van der Waals surface area contributed by atoms with Crippen LogP contribution in [0.4, 0.5) is 5.69 Å². The van der Waals surface area contributed by atoms with Crippen LogP contribution in [0.15, 0.2) is 41.5 Å². The minimum absolute atomic E-state index is 0.149. The van der Waals surface area contributed by atoms with Gasteiger partial charge in [-0.2, -0.15) is 5.26 Å². The zero-order valence-corrected chi connectivity index (χ0v) is 11.0. The Labute approximate surface area is 115 Å². The van der Waals surface area contributed by atoms with E-state index >= 15 is 0 Å². The monoisotopic (exact) mass is 270 g/mol. The van der Waals surface area contributed by atoms with Crippen molar-refractivity contribution < 1.29 is 4.79 Å². The topological polar surface area (TPSA) is 79.8 Å². The summed E-state index contributed by atoms with van der Waals surface area (Å²) in [7, 11) is 1.66. The van der Waals surface area contributed by atoms with Crippen LogP contribution >= 0.6 is 0 Å². The molecule has 2 aromatic rings. The lowest BCUT2D eigenvalue weighted by atomic mass is 10.2. The van der Waals surface area contributed by atoms with Gasteiger partial charge in [-0.05, 0) is 18.2 Å². The van der Waals surface area contributed by atoms with Crippen molar-refractivity contribution in [3.8, 4) is 6.07 Å². The van der Waals surface area contributed by atoms with Crippen LogP contribution in [-0.4, -0.2) is 15.0 Å². The molecule has 0 bridgehead atoms. The Kier molecular flexibility index (Phi) is 4.01. The van der Waals surface area contributed by atoms with E-state index in [9.17, 15) is 9.59 Å². The molecule has 0 unspecified atom stereocenters. The third-order valence-electron chi connectivity index (χ3n) is 2.87. The van der Waals surface area contributed by atoms with E-state index in [2.05, 4.69) is 5.32 Å². The Hall–Kier alpha value is -2.81. The minimum atomic E-state index is -0.198. The first-order valence-electron chi connectivity index (χ1n) is 6.12. The highest BCUT2D eigenvalue weighted by Gasteiger charge is 2.05. The number of hydrogen-bond donors (Lipinski definition) is 1. The fourth-order valence-electron chi connectivity index (χ4n) is 1.79. The van der Waals surface area contributed by atoms with Gasteiger partial charge in [0.1, 0.15) is 0 Å². The highest BCUT2D eigenvalue weighted by molar-refractivity contribution is 5.90. The maximum atomic E-state index is 11.8. The zero-order valence-electron chi connectivity index (χ0n) is 11.0. The molecule has 0 saturated carbocycles. The van der Waals surface area contributed by atoms with Crippen LogP contribution in [0.1, 0.15) is 12.0 Å². The fraction of sp³-hybridized carbons (Fsp3) is 0.214. The van der Waals surface area contributed by atoms with Gasteiger partial charge in [0.15, 0.2) is 0 Å². The van der Waals surface area contributed by atoms with E-state index in [1.54, 1.807) is 43.7 Å². The Morgan fingerprint density at radius 1 is 1.40 bits per heavy atom. The van der Waals surface area contributed by atoms with Crippen LogP contribution in [0.3, 0.4) is 0 Å². The number of nitrogens with one attached hydrogen (secondary N) is 1. The first-order valence-corrected chi connectivity index (χ1v) is 6.12. The van der Waals surface area contributed by atoms with Crippen LogP contribution in [0, 0.1) is 11.3 Å². The number of aromatic nitrogens is 2. The highest BCUT2D eigenvalue weighted by Crippen LogP contribution is 2.10. The predicted octanol–water partition coefficient (Wildman–Crippen LogP) is 1.09. The number of carbonyl (C=O) groups excluding carboxylic acids is 1. The maximum absolute atomic E-state index is 11.8. The summed E-state index contributed by atoms with van der Waals surface area (Å²) in [5.41, 5.74) is 0.917. The van der Waals surface area contributed by atoms with Gasteiger partial charge >= 0.3 is 5.69 Å². The number of aryl methyl sites for hydroxylation is 2. The number of benzene rings is 1. The molecule has 0 aliphatic heterocycles. The molecule has 0 spiro atoms. The van der Waals surface area contributed by atoms with E-state index in [0.29, 0.717) is 17.8 Å². The van der Waals surface area contributed by atoms with E-state index < -0.39 is 0 Å². The van der Waals surface area contributed by atoms with Gasteiger partial charge in [-0.1, -0.05) is 6.07 Å². The average molecular weight is 270 g/mol. The predicted molar refractivity (Wildman–Crippen MR) is 74.1 cm³/mol. The second-order valence-electron chi connectivity index (χ2n) is 4.38. The fourth-order valence-corrected chi connectivity index (χ4v) is 1.79. The van der Waals surface area contributed by atoms with Crippen molar-refractivity contribution in [2.75, 3.05) is 5.32 Å². The largest absolute Gasteiger partial charge is 0.327 e. The molecule has 0 aliphatic carbocycles. The Morgan fingerprint density at radius 2 is 2.20 bits per heavy atom. The average Bonchev–Trinajstić information content (AvgIpc) is 2.77. The third-order valence-corrected chi connectivity index (χ3v) is 2.87. The van der Waals surface area contributed by atoms with Gasteiger partial charge < -0.3 is 9.88 Å². The summed E-state index contributed by atoms with van der Waals surface area (Å²) in [6.45, 7) is 0.323. The van der Waals surface area contributed by atoms with Crippen molar-refractivity contribution >= 4 is 11.6 Å². The van der Waals surface area contributed by atoms with Crippen LogP contribution in [0.5, 0.6) is 0 Å². The number of anilines is 1. The van der Waals surface area contributed by atoms with Gasteiger partial charge in [0, 0.05) is 38.1 Å². The van der Waals surface area contributed by atoms with Gasteiger partial charge in [-0.25, -0.2) is 4.79 Å². The van der Waals surface area contributed by atoms with Crippen LogP contribution in [0.2, 0.25) is 0 Å². The van der Waals surface area contributed by atoms with Crippen molar-refractivity contribution in [3.05, 3.63) is 52.7 Å². The molecule has 0 fully saturated rings. The van der Waals surface area contributed by atoms with E-state index in [-0.39, 0.29) is 18.0 Å². The maximum Gasteiger partial charge on any atom is 0.327 e. The van der Waals surface area contributed by atoms with Crippen LogP contribution < -0.4 is 11.0 Å².